The van der Waals surface area contributed by atoms with E-state index >= 15 is 0 Å². The van der Waals surface area contributed by atoms with Crippen LogP contribution in [-0.4, -0.2) is 29.1 Å². The van der Waals surface area contributed by atoms with Crippen LogP contribution in [0.1, 0.15) is 0 Å². The van der Waals surface area contributed by atoms with Gasteiger partial charge in [-0.25, -0.2) is 19.9 Å². The number of benzene rings is 16. The molecule has 8 nitrogen and oxygen atoms in total. The quantitative estimate of drug-likeness (QED) is 0.128. The highest BCUT2D eigenvalue weighted by molar-refractivity contribution is 6.13. The fraction of sp³-hybridized carbons (Fsp3) is 0. The number of para-hydroxylation sites is 3. The van der Waals surface area contributed by atoms with Crippen molar-refractivity contribution < 1.29 is 8.83 Å². The maximum absolute atomic E-state index is 6.76. The summed E-state index contributed by atoms with van der Waals surface area (Å²) in [5.74, 6) is 1.33. The van der Waals surface area contributed by atoms with Crippen LogP contribution in [0.3, 0.4) is 0 Å². The van der Waals surface area contributed by atoms with Crippen LogP contribution in [0, 0.1) is 0 Å². The van der Waals surface area contributed by atoms with Crippen molar-refractivity contribution in [3.63, 3.8) is 0 Å². The Labute approximate surface area is 633 Å². The van der Waals surface area contributed by atoms with E-state index in [2.05, 4.69) is 331 Å². The van der Waals surface area contributed by atoms with E-state index in [1.54, 1.807) is 0 Å². The number of hydrogen-bond donors (Lipinski definition) is 0. The topological polar surface area (TPSA) is 87.7 Å². The lowest BCUT2D eigenvalue weighted by atomic mass is 9.94. The summed E-state index contributed by atoms with van der Waals surface area (Å²) in [6, 6.07) is 137. The van der Waals surface area contributed by atoms with Crippen LogP contribution in [0.25, 0.3) is 211 Å². The molecule has 6 aromatic heterocycles. The van der Waals surface area contributed by atoms with Crippen molar-refractivity contribution in [1.82, 2.24) is 29.1 Å². The zero-order valence-electron chi connectivity index (χ0n) is 59.5. The molecule has 0 spiro atoms. The first-order valence-corrected chi connectivity index (χ1v) is 37.1. The molecule has 0 aliphatic heterocycles. The fourth-order valence-electron chi connectivity index (χ4n) is 16.1. The zero-order valence-corrected chi connectivity index (χ0v) is 59.5. The predicted molar refractivity (Wildman–Crippen MR) is 454 cm³/mol. The summed E-state index contributed by atoms with van der Waals surface area (Å²) < 4.78 is 18.0. The molecule has 514 valence electrons. The zero-order chi connectivity index (χ0) is 72.6. The average molecular weight is 1410 g/mol. The molecule has 0 aliphatic carbocycles. The molecule has 110 heavy (non-hydrogen) atoms. The lowest BCUT2D eigenvalue weighted by Gasteiger charge is -2.12. The number of aromatic nitrogens is 6. The molecule has 22 rings (SSSR count). The smallest absolute Gasteiger partial charge is 0.180 e. The lowest BCUT2D eigenvalue weighted by molar-refractivity contribution is 0.667. The van der Waals surface area contributed by atoms with Crippen molar-refractivity contribution in [3.05, 3.63) is 388 Å². The molecular weight excluding hydrogens is 1340 g/mol. The number of rotatable bonds is 11. The Morgan fingerprint density at radius 3 is 1.05 bits per heavy atom. The van der Waals surface area contributed by atoms with E-state index in [1.807, 2.05) is 66.7 Å². The third-order valence-corrected chi connectivity index (χ3v) is 21.4. The third kappa shape index (κ3) is 11.2. The molecule has 0 atom stereocenters. The van der Waals surface area contributed by atoms with Gasteiger partial charge in [0.05, 0.1) is 22.1 Å². The summed E-state index contributed by atoms with van der Waals surface area (Å²) in [7, 11) is 0. The molecule has 8 heteroatoms. The Hall–Kier alpha value is -14.9. The van der Waals surface area contributed by atoms with Crippen molar-refractivity contribution in [2.75, 3.05) is 0 Å². The first-order valence-electron chi connectivity index (χ1n) is 37.1. The SMILES string of the molecule is c1ccc(-c2cc(-c3ccccc3)cc(-c3nc(-c4ccccc4)nc4c3oc3ccc(-c5cccc(-n6c7ccccc7c7ccccc76)c5)cc34)c2)cc1.c1ccc(-c2ccc3c(c2)c2ccccc2n3-c2ccc3cc(-c4ccc5oc6c(-c7ccccc7)nc(-c7ccccc7)nc6c5c4)ccc3c2)cc1. The van der Waals surface area contributed by atoms with Crippen LogP contribution in [0.2, 0.25) is 0 Å². The van der Waals surface area contributed by atoms with E-state index < -0.39 is 0 Å². The molecule has 0 bridgehead atoms. The van der Waals surface area contributed by atoms with Crippen LogP contribution in [0.4, 0.5) is 0 Å². The fourth-order valence-corrected chi connectivity index (χ4v) is 16.1. The Morgan fingerprint density at radius 1 is 0.191 bits per heavy atom. The molecule has 6 heterocycles. The average Bonchev–Trinajstić information content (AvgIpc) is 1.59. The first kappa shape index (κ1) is 63.6. The highest BCUT2D eigenvalue weighted by Gasteiger charge is 2.24. The Morgan fingerprint density at radius 2 is 0.536 bits per heavy atom. The molecule has 0 amide bonds. The summed E-state index contributed by atoms with van der Waals surface area (Å²) in [5, 5.41) is 9.27. The van der Waals surface area contributed by atoms with Crippen LogP contribution in [0.15, 0.2) is 397 Å². The van der Waals surface area contributed by atoms with Gasteiger partial charge in [0.2, 0.25) is 0 Å². The third-order valence-electron chi connectivity index (χ3n) is 21.4. The van der Waals surface area contributed by atoms with E-state index in [0.29, 0.717) is 22.8 Å². The van der Waals surface area contributed by atoms with E-state index in [1.165, 1.54) is 65.5 Å². The largest absolute Gasteiger partial charge is 0.452 e. The van der Waals surface area contributed by atoms with Crippen LogP contribution in [-0.2, 0) is 0 Å². The summed E-state index contributed by atoms with van der Waals surface area (Å²) in [6.45, 7) is 0. The summed E-state index contributed by atoms with van der Waals surface area (Å²) in [5.41, 5.74) is 28.3. The van der Waals surface area contributed by atoms with Crippen molar-refractivity contribution in [2.24, 2.45) is 0 Å². The lowest BCUT2D eigenvalue weighted by Crippen LogP contribution is -1.95. The summed E-state index contributed by atoms with van der Waals surface area (Å²) in [4.78, 5) is 20.6. The Balaban J connectivity index is 0.000000140. The Kier molecular flexibility index (Phi) is 15.4. The second-order valence-corrected chi connectivity index (χ2v) is 28.0. The molecule has 16 aromatic carbocycles. The van der Waals surface area contributed by atoms with Gasteiger partial charge in [-0.15, -0.1) is 0 Å². The van der Waals surface area contributed by atoms with Crippen LogP contribution in [0.5, 0.6) is 0 Å². The van der Waals surface area contributed by atoms with E-state index in [-0.39, 0.29) is 0 Å². The molecule has 0 N–H and O–H groups in total. The highest BCUT2D eigenvalue weighted by atomic mass is 16.3. The molecule has 0 saturated carbocycles. The van der Waals surface area contributed by atoms with E-state index in [0.717, 1.165) is 122 Å². The van der Waals surface area contributed by atoms with Gasteiger partial charge in [0.15, 0.2) is 22.8 Å². The standard InChI is InChI=1S/C52H33N3O.C50H31N3O/c1-4-15-34(16-5-1)39-29-40(35-17-6-2-7-18-35)31-41(30-39)49-51-50(54-52(53-49)36-19-8-3-9-20-36)45-33-38(27-28-48(45)56-51)37-21-14-22-42(32-37)55-46-25-12-10-23-43(46)44-24-11-13-26-47(44)55;1-4-12-32(13-5-1)38-23-26-45-42(30-38)41-18-10-11-19-44(41)53(45)40-25-22-36-28-35(20-21-37(36)29-40)39-24-27-46-43(31-39)48-49(54-46)47(33-14-6-2-7-15-33)51-50(52-48)34-16-8-3-9-17-34/h1-33H;1-31H. The number of furan rings is 2. The van der Waals surface area contributed by atoms with Gasteiger partial charge in [0, 0.05) is 65.9 Å². The maximum atomic E-state index is 6.76. The van der Waals surface area contributed by atoms with Gasteiger partial charge in [-0.3, -0.25) is 0 Å². The van der Waals surface area contributed by atoms with E-state index in [9.17, 15) is 0 Å². The Bertz CT molecular complexity index is 7200. The molecule has 0 saturated heterocycles. The second kappa shape index (κ2) is 26.6. The summed E-state index contributed by atoms with van der Waals surface area (Å²) in [6.07, 6.45) is 0. The number of hydrogen-bond acceptors (Lipinski definition) is 6. The highest BCUT2D eigenvalue weighted by Crippen LogP contribution is 2.44. The maximum Gasteiger partial charge on any atom is 0.180 e. The van der Waals surface area contributed by atoms with Crippen LogP contribution < -0.4 is 0 Å². The van der Waals surface area contributed by atoms with Gasteiger partial charge in [-0.2, -0.15) is 0 Å². The van der Waals surface area contributed by atoms with Gasteiger partial charge >= 0.3 is 0 Å². The molecule has 22 aromatic rings. The van der Waals surface area contributed by atoms with Crippen molar-refractivity contribution in [1.29, 1.82) is 0 Å². The van der Waals surface area contributed by atoms with Gasteiger partial charge in [0.1, 0.15) is 33.6 Å². The number of fused-ring (bicyclic) bond motifs is 13. The van der Waals surface area contributed by atoms with Crippen molar-refractivity contribution in [3.8, 4) is 112 Å². The number of nitrogens with zero attached hydrogens (tertiary/aromatic N) is 6. The molecule has 0 aliphatic rings. The van der Waals surface area contributed by atoms with Crippen LogP contribution >= 0.6 is 0 Å². The minimum Gasteiger partial charge on any atom is -0.452 e. The van der Waals surface area contributed by atoms with Gasteiger partial charge in [0.25, 0.3) is 0 Å². The normalized spacial score (nSPS) is 11.6. The van der Waals surface area contributed by atoms with Crippen molar-refractivity contribution >= 4 is 98.5 Å². The molecule has 0 radical (unpaired) electrons. The first-order chi connectivity index (χ1) is 54.5. The van der Waals surface area contributed by atoms with Gasteiger partial charge in [-0.05, 0) is 170 Å². The van der Waals surface area contributed by atoms with Crippen molar-refractivity contribution in [2.45, 2.75) is 0 Å². The minimum atomic E-state index is 0.654. The predicted octanol–water partition coefficient (Wildman–Crippen LogP) is 27.1. The minimum absolute atomic E-state index is 0.654. The molecular formula is C102H64N6O2. The monoisotopic (exact) mass is 1400 g/mol. The van der Waals surface area contributed by atoms with Gasteiger partial charge < -0.3 is 18.0 Å². The second-order valence-electron chi connectivity index (χ2n) is 28.0. The van der Waals surface area contributed by atoms with E-state index in [4.69, 9.17) is 28.8 Å². The van der Waals surface area contributed by atoms with Gasteiger partial charge in [-0.1, -0.05) is 285 Å². The summed E-state index contributed by atoms with van der Waals surface area (Å²) >= 11 is 0. The molecule has 0 unspecified atom stereocenters. The molecule has 0 fully saturated rings.